The maximum atomic E-state index is 14.4. The summed E-state index contributed by atoms with van der Waals surface area (Å²) in [6.07, 6.45) is 1.23. The summed E-state index contributed by atoms with van der Waals surface area (Å²) in [6, 6.07) is -4.25. The second-order valence-corrected chi connectivity index (χ2v) is 20.0. The van der Waals surface area contributed by atoms with Crippen molar-refractivity contribution in [3.63, 3.8) is 0 Å². The van der Waals surface area contributed by atoms with Gasteiger partial charge >= 0.3 is 6.03 Å². The van der Waals surface area contributed by atoms with Crippen molar-refractivity contribution in [3.05, 3.63) is 12.7 Å². The van der Waals surface area contributed by atoms with E-state index in [1.807, 2.05) is 13.8 Å². The molecule has 2 saturated carbocycles. The first kappa shape index (κ1) is 42.3. The molecule has 3 aliphatic rings. The fourth-order valence-corrected chi connectivity index (χ4v) is 9.08. The molecule has 0 spiro atoms. The molecule has 4 N–H and O–H groups in total. The Hall–Kier alpha value is -3.10. The van der Waals surface area contributed by atoms with E-state index >= 15 is 0 Å². The SMILES string of the molecule is C=CCNC(=O)C(=O)C(CCCC(F)F)NC(=O)[C@@H]1[C@@H]2[C@H](CN1C(=O)[C@@H](NC(=O)NC1(CS(=O)(=O)C(C)(C)C)CCCCC1)C(C)(C)C)C2(C)C. The van der Waals surface area contributed by atoms with Gasteiger partial charge in [-0.25, -0.2) is 22.0 Å². The number of hydrogen-bond acceptors (Lipinski definition) is 7. The summed E-state index contributed by atoms with van der Waals surface area (Å²) in [5, 5.41) is 10.7. The number of amides is 5. The van der Waals surface area contributed by atoms with E-state index in [1.54, 1.807) is 41.5 Å². The summed E-state index contributed by atoms with van der Waals surface area (Å²) in [5.74, 6) is -3.75. The molecular weight excluding hydrogens is 684 g/mol. The van der Waals surface area contributed by atoms with Crippen molar-refractivity contribution < 1.29 is 41.2 Å². The first-order valence-corrected chi connectivity index (χ1v) is 19.7. The van der Waals surface area contributed by atoms with E-state index < -0.39 is 86.0 Å². The zero-order valence-corrected chi connectivity index (χ0v) is 32.3. The van der Waals surface area contributed by atoms with Crippen LogP contribution in [-0.4, -0.2) is 96.5 Å². The molecule has 290 valence electrons. The lowest BCUT2D eigenvalue weighted by Crippen LogP contribution is -2.64. The highest BCUT2D eigenvalue weighted by molar-refractivity contribution is 7.92. The van der Waals surface area contributed by atoms with E-state index in [9.17, 15) is 41.2 Å². The van der Waals surface area contributed by atoms with Crippen molar-refractivity contribution >= 4 is 39.4 Å². The van der Waals surface area contributed by atoms with Crippen LogP contribution in [0.4, 0.5) is 13.6 Å². The average Bonchev–Trinajstić information content (AvgIpc) is 3.31. The summed E-state index contributed by atoms with van der Waals surface area (Å²) in [6.45, 7) is 17.8. The molecule has 5 atom stereocenters. The fourth-order valence-electron chi connectivity index (χ4n) is 7.56. The molecule has 1 aliphatic heterocycles. The Morgan fingerprint density at radius 1 is 0.961 bits per heavy atom. The van der Waals surface area contributed by atoms with Crippen LogP contribution in [0.2, 0.25) is 0 Å². The molecule has 2 aliphatic carbocycles. The fraction of sp³-hybridized carbons (Fsp3) is 0.806. The van der Waals surface area contributed by atoms with Crippen LogP contribution in [0.25, 0.3) is 0 Å². The Morgan fingerprint density at radius 2 is 1.57 bits per heavy atom. The molecule has 1 heterocycles. The van der Waals surface area contributed by atoms with E-state index in [4.69, 9.17) is 0 Å². The largest absolute Gasteiger partial charge is 0.346 e. The number of halogens is 2. The first-order valence-electron chi connectivity index (χ1n) is 18.0. The minimum atomic E-state index is -3.61. The molecular formula is C36H59F2N5O7S. The highest BCUT2D eigenvalue weighted by atomic mass is 32.2. The van der Waals surface area contributed by atoms with Gasteiger partial charge in [0.1, 0.15) is 12.1 Å². The third-order valence-electron chi connectivity index (χ3n) is 10.9. The van der Waals surface area contributed by atoms with Gasteiger partial charge in [0.05, 0.1) is 22.1 Å². The maximum Gasteiger partial charge on any atom is 0.315 e. The molecule has 1 unspecified atom stereocenters. The number of nitrogens with one attached hydrogen (secondary N) is 4. The minimum absolute atomic E-state index is 0.00653. The zero-order valence-electron chi connectivity index (χ0n) is 31.5. The van der Waals surface area contributed by atoms with Gasteiger partial charge in [-0.1, -0.05) is 60.0 Å². The lowest BCUT2D eigenvalue weighted by molar-refractivity contribution is -0.145. The monoisotopic (exact) mass is 743 g/mol. The topological polar surface area (TPSA) is 171 Å². The van der Waals surface area contributed by atoms with Crippen LogP contribution in [0.3, 0.4) is 0 Å². The number of likely N-dealkylation sites (tertiary alicyclic amines) is 1. The summed E-state index contributed by atoms with van der Waals surface area (Å²) in [4.78, 5) is 69.2. The number of rotatable bonds is 15. The predicted molar refractivity (Wildman–Crippen MR) is 191 cm³/mol. The lowest BCUT2D eigenvalue weighted by Gasteiger charge is -2.41. The second kappa shape index (κ2) is 15.9. The maximum absolute atomic E-state index is 14.4. The Labute approximate surface area is 302 Å². The van der Waals surface area contributed by atoms with Gasteiger partial charge in [0.25, 0.3) is 5.91 Å². The molecule has 3 rings (SSSR count). The van der Waals surface area contributed by atoms with E-state index in [0.717, 1.165) is 19.3 Å². The molecule has 5 amide bonds. The number of fused-ring (bicyclic) bond motifs is 1. The molecule has 0 aromatic carbocycles. The molecule has 3 fully saturated rings. The Morgan fingerprint density at radius 3 is 2.10 bits per heavy atom. The second-order valence-electron chi connectivity index (χ2n) is 17.2. The van der Waals surface area contributed by atoms with Gasteiger partial charge in [-0.05, 0) is 69.1 Å². The average molecular weight is 744 g/mol. The number of carbonyl (C=O) groups excluding carboxylic acids is 5. The van der Waals surface area contributed by atoms with Crippen molar-refractivity contribution in [2.45, 2.75) is 142 Å². The number of sulfone groups is 1. The molecule has 0 radical (unpaired) electrons. The normalized spacial score (nSPS) is 23.7. The molecule has 1 saturated heterocycles. The van der Waals surface area contributed by atoms with Crippen LogP contribution in [0.15, 0.2) is 12.7 Å². The number of alkyl halides is 2. The highest BCUT2D eigenvalue weighted by Crippen LogP contribution is 2.65. The van der Waals surface area contributed by atoms with Crippen molar-refractivity contribution in [1.29, 1.82) is 0 Å². The number of ketones is 1. The van der Waals surface area contributed by atoms with Crippen molar-refractivity contribution in [3.8, 4) is 0 Å². The smallest absolute Gasteiger partial charge is 0.315 e. The van der Waals surface area contributed by atoms with Crippen LogP contribution in [0.5, 0.6) is 0 Å². The summed E-state index contributed by atoms with van der Waals surface area (Å²) in [7, 11) is -3.61. The third kappa shape index (κ3) is 10.1. The molecule has 51 heavy (non-hydrogen) atoms. The number of Topliss-reactive ketones (excluding diaryl/α,β-unsaturated/α-hetero) is 1. The Kier molecular flexibility index (Phi) is 13.2. The quantitative estimate of drug-likeness (QED) is 0.146. The van der Waals surface area contributed by atoms with Gasteiger partial charge < -0.3 is 26.2 Å². The highest BCUT2D eigenvalue weighted by Gasteiger charge is 2.70. The van der Waals surface area contributed by atoms with Crippen LogP contribution in [0, 0.1) is 22.7 Å². The predicted octanol–water partition coefficient (Wildman–Crippen LogP) is 3.89. The van der Waals surface area contributed by atoms with Gasteiger partial charge in [0.2, 0.25) is 24.0 Å². The van der Waals surface area contributed by atoms with Gasteiger partial charge in [-0.15, -0.1) is 6.58 Å². The van der Waals surface area contributed by atoms with Crippen LogP contribution < -0.4 is 21.3 Å². The van der Waals surface area contributed by atoms with Crippen LogP contribution >= 0.6 is 0 Å². The van der Waals surface area contributed by atoms with Crippen LogP contribution in [-0.2, 0) is 29.0 Å². The van der Waals surface area contributed by atoms with Gasteiger partial charge in [0.15, 0.2) is 9.84 Å². The van der Waals surface area contributed by atoms with Crippen molar-refractivity contribution in [1.82, 2.24) is 26.2 Å². The van der Waals surface area contributed by atoms with Crippen LogP contribution in [0.1, 0.15) is 107 Å². The van der Waals surface area contributed by atoms with E-state index in [0.29, 0.717) is 12.8 Å². The summed E-state index contributed by atoms with van der Waals surface area (Å²) in [5.41, 5.74) is -2.17. The summed E-state index contributed by atoms with van der Waals surface area (Å²) < 4.78 is 51.5. The minimum Gasteiger partial charge on any atom is -0.346 e. The van der Waals surface area contributed by atoms with E-state index in [2.05, 4.69) is 27.8 Å². The number of carbonyl (C=O) groups is 5. The Balaban J connectivity index is 1.87. The lowest BCUT2D eigenvalue weighted by atomic mass is 9.83. The third-order valence-corrected chi connectivity index (χ3v) is 13.7. The summed E-state index contributed by atoms with van der Waals surface area (Å²) >= 11 is 0. The van der Waals surface area contributed by atoms with E-state index in [-0.39, 0.29) is 48.9 Å². The molecule has 0 aromatic heterocycles. The molecule has 12 nitrogen and oxygen atoms in total. The number of urea groups is 1. The standard InChI is InChI=1S/C36H59F2N5O7S/c1-10-19-39-30(46)27(44)23(15-14-16-24(37)38)40-29(45)26-25-22(35(25,8)9)20-43(26)31(47)28(33(2,3)4)41-32(48)42-36(17-12-11-13-18-36)21-51(49,50)34(5,6)7/h10,22-26,28H,1,11-21H2,2-9H3,(H,39,46)(H,40,45)(H2,41,42,48)/t22-,23?,25-,26-,28+/m0/s1. The van der Waals surface area contributed by atoms with E-state index in [1.165, 1.54) is 11.0 Å². The molecule has 15 heteroatoms. The van der Waals surface area contributed by atoms with Gasteiger partial charge in [-0.3, -0.25) is 19.2 Å². The van der Waals surface area contributed by atoms with Gasteiger partial charge in [-0.2, -0.15) is 0 Å². The zero-order chi connectivity index (χ0) is 38.7. The molecule has 0 bridgehead atoms. The number of piperidine rings is 1. The van der Waals surface area contributed by atoms with Gasteiger partial charge in [0, 0.05) is 19.5 Å². The number of nitrogens with zero attached hydrogens (tertiary/aromatic N) is 1. The first-order chi connectivity index (χ1) is 23.4. The van der Waals surface area contributed by atoms with Crippen molar-refractivity contribution in [2.24, 2.45) is 22.7 Å². The Bertz CT molecular complexity index is 1450. The number of hydrogen-bond donors (Lipinski definition) is 4. The van der Waals surface area contributed by atoms with Crippen molar-refractivity contribution in [2.75, 3.05) is 18.8 Å². The molecule has 0 aromatic rings.